The van der Waals surface area contributed by atoms with Crippen LogP contribution in [0.3, 0.4) is 0 Å². The molecule has 2 rings (SSSR count). The second-order valence-electron chi connectivity index (χ2n) is 4.19. The Morgan fingerprint density at radius 2 is 1.93 bits per heavy atom. The molecule has 0 saturated carbocycles. The van der Waals surface area contributed by atoms with Crippen molar-refractivity contribution in [3.63, 3.8) is 0 Å². The van der Waals surface area contributed by atoms with Gasteiger partial charge in [-0.3, -0.25) is 0 Å². The molecule has 78 valence electrons. The van der Waals surface area contributed by atoms with Gasteiger partial charge in [0.15, 0.2) is 0 Å². The van der Waals surface area contributed by atoms with E-state index in [0.717, 1.165) is 0 Å². The van der Waals surface area contributed by atoms with Gasteiger partial charge in [0.05, 0.1) is 0 Å². The molecule has 1 nitrogen and oxygen atoms in total. The third kappa shape index (κ3) is 1.97. The van der Waals surface area contributed by atoms with E-state index in [-0.39, 0.29) is 0 Å². The zero-order valence-corrected chi connectivity index (χ0v) is 12.3. The van der Waals surface area contributed by atoms with E-state index in [1.807, 2.05) is 0 Å². The molecule has 0 spiro atoms. The normalized spacial score (nSPS) is 14.5. The zero-order valence-electron chi connectivity index (χ0n) is 9.89. The minimum atomic E-state index is -0.530. The standard InChI is InChI=1S/C8H12N.C5H5.Zr/c1-6-5-9(4)8(3)7(6)2;1-2-4-5-3-1;/h1-4H3;1-3H,4H2;. The summed E-state index contributed by atoms with van der Waals surface area (Å²) in [6.07, 6.45) is 8.00. The van der Waals surface area contributed by atoms with Gasteiger partial charge in [0.25, 0.3) is 0 Å². The van der Waals surface area contributed by atoms with Crippen molar-refractivity contribution in [2.75, 3.05) is 0 Å². The van der Waals surface area contributed by atoms with Crippen molar-refractivity contribution < 1.29 is 23.2 Å². The van der Waals surface area contributed by atoms with Crippen molar-refractivity contribution in [3.8, 4) is 0 Å². The molecular weight excluding hydrogens is 261 g/mol. The second-order valence-corrected chi connectivity index (χ2v) is 7.55. The van der Waals surface area contributed by atoms with Crippen LogP contribution in [0.4, 0.5) is 0 Å². The predicted octanol–water partition coefficient (Wildman–Crippen LogP) is 2.50. The van der Waals surface area contributed by atoms with Crippen molar-refractivity contribution in [2.24, 2.45) is 7.05 Å². The zero-order chi connectivity index (χ0) is 11.0. The van der Waals surface area contributed by atoms with Gasteiger partial charge in [-0.25, -0.2) is 0 Å². The molecule has 0 bridgehead atoms. The topological polar surface area (TPSA) is 4.93 Å². The summed E-state index contributed by atoms with van der Waals surface area (Å²) in [6, 6.07) is 0. The Balaban J connectivity index is 2.32. The van der Waals surface area contributed by atoms with Crippen LogP contribution in [0.5, 0.6) is 0 Å². The van der Waals surface area contributed by atoms with Crippen LogP contribution in [0.1, 0.15) is 23.2 Å². The summed E-state index contributed by atoms with van der Waals surface area (Å²) in [4.78, 5) is 0. The molecule has 0 radical (unpaired) electrons. The molecule has 0 saturated heterocycles. The molecule has 1 aromatic rings. The fourth-order valence-corrected chi connectivity index (χ4v) is 5.47. The van der Waals surface area contributed by atoms with E-state index in [4.69, 9.17) is 0 Å². The Bertz CT molecular complexity index is 424. The van der Waals surface area contributed by atoms with E-state index < -0.39 is 23.2 Å². The van der Waals surface area contributed by atoms with Crippen molar-refractivity contribution in [3.05, 3.63) is 38.3 Å². The van der Waals surface area contributed by atoms with Gasteiger partial charge in [-0.2, -0.15) is 0 Å². The maximum atomic E-state index is 2.41. The molecule has 0 unspecified atom stereocenters. The number of aromatic nitrogens is 1. The Hall–Kier alpha value is -0.357. The summed E-state index contributed by atoms with van der Waals surface area (Å²) in [5.74, 6) is 0. The summed E-state index contributed by atoms with van der Waals surface area (Å²) in [6.45, 7) is 6.75. The number of allylic oxidation sites excluding steroid dienone is 4. The molecule has 0 aromatic carbocycles. The summed E-state index contributed by atoms with van der Waals surface area (Å²) in [5, 5.41) is 0. The summed E-state index contributed by atoms with van der Waals surface area (Å²) in [5.41, 5.74) is 4.46. The Morgan fingerprint density at radius 1 is 1.20 bits per heavy atom. The first kappa shape index (κ1) is 11.1. The molecule has 0 N–H and O–H groups in total. The van der Waals surface area contributed by atoms with Crippen molar-refractivity contribution in [1.82, 2.24) is 4.57 Å². The molecule has 0 fully saturated rings. The molecule has 0 atom stereocenters. The SMILES string of the molecule is Cc1c(C)[c]([Zr][C]2=CC=CC2)n(C)c1C. The van der Waals surface area contributed by atoms with E-state index in [1.54, 1.807) is 6.68 Å². The molecule has 1 heterocycles. The van der Waals surface area contributed by atoms with Crippen molar-refractivity contribution in [1.29, 1.82) is 0 Å². The van der Waals surface area contributed by atoms with Crippen LogP contribution >= 0.6 is 0 Å². The summed E-state index contributed by atoms with van der Waals surface area (Å²) < 4.78 is 5.75. The number of rotatable bonds is 2. The van der Waals surface area contributed by atoms with E-state index in [2.05, 4.69) is 50.6 Å². The molecule has 1 aliphatic rings. The van der Waals surface area contributed by atoms with E-state index in [0.29, 0.717) is 0 Å². The molecule has 1 aliphatic carbocycles. The van der Waals surface area contributed by atoms with Crippen LogP contribution in [0.25, 0.3) is 0 Å². The average molecular weight is 279 g/mol. The molecular formula is C13H17NZr. The second kappa shape index (κ2) is 4.25. The van der Waals surface area contributed by atoms with Gasteiger partial charge < -0.3 is 0 Å². The van der Waals surface area contributed by atoms with Crippen molar-refractivity contribution in [2.45, 2.75) is 27.2 Å². The van der Waals surface area contributed by atoms with Gasteiger partial charge in [0.1, 0.15) is 0 Å². The van der Waals surface area contributed by atoms with Gasteiger partial charge in [0, 0.05) is 0 Å². The molecule has 0 amide bonds. The number of nitrogens with zero attached hydrogens (tertiary/aromatic N) is 1. The predicted molar refractivity (Wildman–Crippen MR) is 61.1 cm³/mol. The van der Waals surface area contributed by atoms with Crippen LogP contribution in [0.2, 0.25) is 0 Å². The Labute approximate surface area is 103 Å². The van der Waals surface area contributed by atoms with Crippen LogP contribution in [-0.4, -0.2) is 4.57 Å². The average Bonchev–Trinajstić information content (AvgIpc) is 2.79. The monoisotopic (exact) mass is 277 g/mol. The molecule has 1 aromatic heterocycles. The van der Waals surface area contributed by atoms with Crippen LogP contribution < -0.4 is 3.40 Å². The molecule has 2 heteroatoms. The van der Waals surface area contributed by atoms with Gasteiger partial charge in [-0.15, -0.1) is 0 Å². The quantitative estimate of drug-likeness (QED) is 0.783. The van der Waals surface area contributed by atoms with Gasteiger partial charge in [-0.1, -0.05) is 0 Å². The maximum absolute atomic E-state index is 2.41. The van der Waals surface area contributed by atoms with Gasteiger partial charge in [0.2, 0.25) is 0 Å². The minimum absolute atomic E-state index is 0.530. The first-order valence-corrected chi connectivity index (χ1v) is 7.82. The van der Waals surface area contributed by atoms with Gasteiger partial charge in [-0.05, 0) is 0 Å². The van der Waals surface area contributed by atoms with E-state index in [1.165, 1.54) is 23.2 Å². The first-order valence-electron chi connectivity index (χ1n) is 5.36. The van der Waals surface area contributed by atoms with Crippen LogP contribution in [-0.2, 0) is 30.3 Å². The van der Waals surface area contributed by atoms with Crippen molar-refractivity contribution >= 4 is 3.40 Å². The van der Waals surface area contributed by atoms with Gasteiger partial charge >= 0.3 is 104 Å². The Morgan fingerprint density at radius 3 is 2.40 bits per heavy atom. The molecule has 0 aliphatic heterocycles. The first-order chi connectivity index (χ1) is 7.11. The fourth-order valence-electron chi connectivity index (χ4n) is 1.99. The number of hydrogen-bond donors (Lipinski definition) is 0. The third-order valence-corrected chi connectivity index (χ3v) is 7.38. The Kier molecular flexibility index (Phi) is 3.16. The number of hydrogen-bond acceptors (Lipinski definition) is 0. The third-order valence-electron chi connectivity index (χ3n) is 3.35. The van der Waals surface area contributed by atoms with E-state index in [9.17, 15) is 0 Å². The summed E-state index contributed by atoms with van der Waals surface area (Å²) in [7, 11) is 2.22. The summed E-state index contributed by atoms with van der Waals surface area (Å²) >= 11 is -0.530. The molecule has 15 heavy (non-hydrogen) atoms. The van der Waals surface area contributed by atoms with E-state index >= 15 is 0 Å². The van der Waals surface area contributed by atoms with Crippen LogP contribution in [0, 0.1) is 20.8 Å². The fraction of sp³-hybridized carbons (Fsp3) is 0.385. The van der Waals surface area contributed by atoms with Crippen LogP contribution in [0.15, 0.2) is 21.5 Å².